The Morgan fingerprint density at radius 1 is 1.05 bits per heavy atom. The number of Topliss-reactive ketones (excluding diaryl/α,β-unsaturated/α-hetero) is 1. The van der Waals surface area contributed by atoms with Gasteiger partial charge in [-0.25, -0.2) is 13.1 Å². The zero-order valence-electron chi connectivity index (χ0n) is 10.8. The first-order valence-electron chi connectivity index (χ1n) is 6.11. The number of sulfonamides is 1. The van der Waals surface area contributed by atoms with Gasteiger partial charge in [0, 0.05) is 0 Å². The Bertz CT molecular complexity index is 626. The number of amides is 1. The van der Waals surface area contributed by atoms with Crippen LogP contribution in [0, 0.1) is 0 Å². The molecule has 0 aliphatic carbocycles. The molecule has 0 saturated carbocycles. The molecule has 102 valence electrons. The fourth-order valence-electron chi connectivity index (χ4n) is 2.18. The van der Waals surface area contributed by atoms with Gasteiger partial charge in [-0.3, -0.25) is 9.59 Å². The number of rotatable bonds is 3. The lowest BCUT2D eigenvalue weighted by molar-refractivity contribution is -0.135. The van der Waals surface area contributed by atoms with E-state index < -0.39 is 27.0 Å². The van der Waals surface area contributed by atoms with E-state index >= 15 is 0 Å². The number of ketones is 1. The van der Waals surface area contributed by atoms with Gasteiger partial charge in [0.1, 0.15) is 0 Å². The average Bonchev–Trinajstić information content (AvgIpc) is 2.57. The molecule has 2 rings (SSSR count). The fraction of sp³-hybridized carbons (Fsp3) is 0.385. The molecule has 1 aromatic rings. The molecule has 1 saturated heterocycles. The van der Waals surface area contributed by atoms with Crippen LogP contribution in [0.4, 0.5) is 0 Å². The quantitative estimate of drug-likeness (QED) is 0.834. The van der Waals surface area contributed by atoms with Crippen molar-refractivity contribution in [2.45, 2.75) is 31.9 Å². The van der Waals surface area contributed by atoms with Crippen molar-refractivity contribution in [3.05, 3.63) is 34.9 Å². The lowest BCUT2D eigenvalue weighted by Gasteiger charge is -2.11. The van der Waals surface area contributed by atoms with Crippen LogP contribution >= 0.6 is 0 Å². The first-order chi connectivity index (χ1) is 8.89. The molecule has 19 heavy (non-hydrogen) atoms. The summed E-state index contributed by atoms with van der Waals surface area (Å²) in [5.74, 6) is -1.96. The predicted molar refractivity (Wildman–Crippen MR) is 70.0 cm³/mol. The molecule has 1 aliphatic rings. The van der Waals surface area contributed by atoms with Crippen LogP contribution in [0.2, 0.25) is 0 Å². The maximum absolute atomic E-state index is 11.8. The molecular weight excluding hydrogens is 266 g/mol. The Balaban J connectivity index is 2.58. The van der Waals surface area contributed by atoms with Gasteiger partial charge in [-0.15, -0.1) is 0 Å². The summed E-state index contributed by atoms with van der Waals surface area (Å²) in [6, 6.07) is 5.34. The molecule has 1 heterocycles. The molecule has 1 amide bonds. The van der Waals surface area contributed by atoms with Gasteiger partial charge >= 0.3 is 5.91 Å². The summed E-state index contributed by atoms with van der Waals surface area (Å²) in [7, 11) is -3.94. The van der Waals surface area contributed by atoms with E-state index in [0.29, 0.717) is 5.56 Å². The first kappa shape index (κ1) is 13.7. The fourth-order valence-corrected chi connectivity index (χ4v) is 3.54. The van der Waals surface area contributed by atoms with Crippen LogP contribution in [0.3, 0.4) is 0 Å². The van der Waals surface area contributed by atoms with E-state index in [1.165, 1.54) is 0 Å². The van der Waals surface area contributed by atoms with Crippen molar-refractivity contribution in [3.63, 3.8) is 0 Å². The lowest BCUT2D eigenvalue weighted by atomic mass is 9.99. The molecule has 0 aromatic heterocycles. The van der Waals surface area contributed by atoms with E-state index in [1.54, 1.807) is 16.9 Å². The van der Waals surface area contributed by atoms with Gasteiger partial charge in [0.25, 0.3) is 0 Å². The first-order valence-corrected chi connectivity index (χ1v) is 7.66. The normalized spacial score (nSPS) is 21.5. The maximum atomic E-state index is 11.8. The number of hydrogen-bond donors (Lipinski definition) is 1. The van der Waals surface area contributed by atoms with Gasteiger partial charge in [0.2, 0.25) is 15.8 Å². The molecule has 0 spiro atoms. The molecule has 0 radical (unpaired) electrons. The van der Waals surface area contributed by atoms with Gasteiger partial charge in [-0.1, -0.05) is 32.0 Å². The topological polar surface area (TPSA) is 80.3 Å². The summed E-state index contributed by atoms with van der Waals surface area (Å²) in [4.78, 5) is 23.0. The molecule has 5 nitrogen and oxygen atoms in total. The molecule has 1 aromatic carbocycles. The Morgan fingerprint density at radius 2 is 1.58 bits per heavy atom. The van der Waals surface area contributed by atoms with Crippen LogP contribution in [-0.2, 0) is 32.5 Å². The molecule has 6 heteroatoms. The molecule has 1 unspecified atom stereocenters. The van der Waals surface area contributed by atoms with E-state index in [0.717, 1.165) is 24.0 Å². The second-order valence-electron chi connectivity index (χ2n) is 4.51. The average molecular weight is 281 g/mol. The minimum Gasteiger partial charge on any atom is -0.287 e. The van der Waals surface area contributed by atoms with Crippen LogP contribution in [0.25, 0.3) is 0 Å². The van der Waals surface area contributed by atoms with Crippen LogP contribution in [0.15, 0.2) is 18.2 Å². The van der Waals surface area contributed by atoms with Crippen molar-refractivity contribution in [2.75, 3.05) is 0 Å². The minimum atomic E-state index is -3.94. The van der Waals surface area contributed by atoms with Gasteiger partial charge in [0.05, 0.1) is 0 Å². The molecule has 1 aliphatic heterocycles. The van der Waals surface area contributed by atoms with Crippen molar-refractivity contribution in [2.24, 2.45) is 0 Å². The third-order valence-corrected chi connectivity index (χ3v) is 4.78. The number of carbonyl (C=O) groups excluding carboxylic acids is 2. The second-order valence-corrected chi connectivity index (χ2v) is 6.28. The third-order valence-electron chi connectivity index (χ3n) is 3.20. The zero-order chi connectivity index (χ0) is 14.2. The summed E-state index contributed by atoms with van der Waals surface area (Å²) < 4.78 is 25.4. The third kappa shape index (κ3) is 2.40. The van der Waals surface area contributed by atoms with Crippen molar-refractivity contribution in [1.82, 2.24) is 4.72 Å². The number of benzene rings is 1. The smallest absolute Gasteiger partial charge is 0.287 e. The number of carbonyl (C=O) groups is 2. The summed E-state index contributed by atoms with van der Waals surface area (Å²) in [5, 5.41) is -1.41. The van der Waals surface area contributed by atoms with Gasteiger partial charge in [-0.05, 0) is 29.5 Å². The Labute approximate surface area is 112 Å². The highest BCUT2D eigenvalue weighted by Gasteiger charge is 2.46. The van der Waals surface area contributed by atoms with E-state index in [1.807, 2.05) is 19.9 Å². The van der Waals surface area contributed by atoms with Gasteiger partial charge in [0.15, 0.2) is 5.25 Å². The van der Waals surface area contributed by atoms with E-state index in [4.69, 9.17) is 0 Å². The summed E-state index contributed by atoms with van der Waals surface area (Å²) in [6.07, 6.45) is 1.48. The Morgan fingerprint density at radius 3 is 1.95 bits per heavy atom. The SMILES string of the molecule is CCc1cc(CC)cc(C2C(=O)C(=O)NS2(=O)=O)c1. The summed E-state index contributed by atoms with van der Waals surface area (Å²) >= 11 is 0. The van der Waals surface area contributed by atoms with Crippen LogP contribution in [0.1, 0.15) is 35.8 Å². The number of aryl methyl sites for hydroxylation is 2. The lowest BCUT2D eigenvalue weighted by Crippen LogP contribution is -2.22. The van der Waals surface area contributed by atoms with E-state index in [9.17, 15) is 18.0 Å². The zero-order valence-corrected chi connectivity index (χ0v) is 11.6. The predicted octanol–water partition coefficient (Wildman–Crippen LogP) is 0.881. The van der Waals surface area contributed by atoms with Crippen molar-refractivity contribution in [1.29, 1.82) is 0 Å². The van der Waals surface area contributed by atoms with Crippen LogP contribution < -0.4 is 4.72 Å². The molecule has 0 bridgehead atoms. The van der Waals surface area contributed by atoms with E-state index in [2.05, 4.69) is 0 Å². The highest BCUT2D eigenvalue weighted by atomic mass is 32.2. The monoisotopic (exact) mass is 281 g/mol. The maximum Gasteiger partial charge on any atom is 0.302 e. The Kier molecular flexibility index (Phi) is 3.45. The number of hydrogen-bond acceptors (Lipinski definition) is 4. The summed E-state index contributed by atoms with van der Waals surface area (Å²) in [5.41, 5.74) is 2.29. The minimum absolute atomic E-state index is 0.375. The van der Waals surface area contributed by atoms with Gasteiger partial charge < -0.3 is 0 Å². The van der Waals surface area contributed by atoms with Gasteiger partial charge in [-0.2, -0.15) is 0 Å². The second kappa shape index (κ2) is 4.77. The van der Waals surface area contributed by atoms with Crippen molar-refractivity contribution in [3.8, 4) is 0 Å². The van der Waals surface area contributed by atoms with Crippen molar-refractivity contribution >= 4 is 21.7 Å². The van der Waals surface area contributed by atoms with Crippen molar-refractivity contribution < 1.29 is 18.0 Å². The summed E-state index contributed by atoms with van der Waals surface area (Å²) in [6.45, 7) is 3.90. The Hall–Kier alpha value is -1.69. The van der Waals surface area contributed by atoms with Crippen LogP contribution in [-0.4, -0.2) is 20.1 Å². The van der Waals surface area contributed by atoms with Crippen LogP contribution in [0.5, 0.6) is 0 Å². The number of nitrogens with one attached hydrogen (secondary N) is 1. The molecule has 1 N–H and O–H groups in total. The molecular formula is C13H15NO4S. The highest BCUT2D eigenvalue weighted by molar-refractivity contribution is 7.92. The van der Waals surface area contributed by atoms with E-state index in [-0.39, 0.29) is 0 Å². The molecule has 1 fully saturated rings. The standard InChI is InChI=1S/C13H15NO4S/c1-3-8-5-9(4-2)7-10(6-8)12-11(15)13(16)14-19(12,17)18/h5-7,12H,3-4H2,1-2H3,(H,14,16). The molecule has 1 atom stereocenters. The largest absolute Gasteiger partial charge is 0.302 e. The highest BCUT2D eigenvalue weighted by Crippen LogP contribution is 2.29.